The Bertz CT molecular complexity index is 1120. The van der Waals surface area contributed by atoms with Gasteiger partial charge in [-0.3, -0.25) is 9.59 Å². The molecule has 2 aromatic rings. The Labute approximate surface area is 192 Å². The molecular formula is C22H24ClN3O5S. The summed E-state index contributed by atoms with van der Waals surface area (Å²) in [6.45, 7) is 1.58. The first kappa shape index (κ1) is 22.7. The Balaban J connectivity index is 1.44. The van der Waals surface area contributed by atoms with Crippen LogP contribution < -0.4 is 10.2 Å². The molecule has 2 aliphatic heterocycles. The lowest BCUT2D eigenvalue weighted by molar-refractivity contribution is -0.126. The molecule has 4 rings (SSSR count). The molecule has 170 valence electrons. The zero-order valence-corrected chi connectivity index (χ0v) is 18.9. The number of carbonyl (C=O) groups excluding carboxylic acids is 2. The van der Waals surface area contributed by atoms with Crippen molar-refractivity contribution in [1.29, 1.82) is 0 Å². The van der Waals surface area contributed by atoms with Gasteiger partial charge in [-0.25, -0.2) is 8.42 Å². The van der Waals surface area contributed by atoms with Crippen molar-refractivity contribution in [2.45, 2.75) is 17.9 Å². The summed E-state index contributed by atoms with van der Waals surface area (Å²) in [4.78, 5) is 26.9. The molecule has 1 atom stereocenters. The van der Waals surface area contributed by atoms with Crippen molar-refractivity contribution >= 4 is 39.1 Å². The van der Waals surface area contributed by atoms with Gasteiger partial charge in [-0.2, -0.15) is 4.31 Å². The summed E-state index contributed by atoms with van der Waals surface area (Å²) >= 11 is 6.20. The minimum Gasteiger partial charge on any atom is -0.379 e. The lowest BCUT2D eigenvalue weighted by Crippen LogP contribution is -2.41. The quantitative estimate of drug-likeness (QED) is 0.686. The number of sulfonamides is 1. The number of hydrogen-bond donors (Lipinski definition) is 1. The van der Waals surface area contributed by atoms with Crippen LogP contribution in [0.5, 0.6) is 0 Å². The highest BCUT2D eigenvalue weighted by molar-refractivity contribution is 7.89. The van der Waals surface area contributed by atoms with Crippen molar-refractivity contribution in [1.82, 2.24) is 9.62 Å². The summed E-state index contributed by atoms with van der Waals surface area (Å²) < 4.78 is 32.8. The van der Waals surface area contributed by atoms with Crippen LogP contribution in [0.3, 0.4) is 0 Å². The SMILES string of the molecule is O=C(NCc1ccccc1S(=O)(=O)N1CCOCC1)C1CC(=O)N(c2ccccc2Cl)C1. The summed E-state index contributed by atoms with van der Waals surface area (Å²) in [6, 6.07) is 13.6. The molecule has 0 spiro atoms. The lowest BCUT2D eigenvalue weighted by Gasteiger charge is -2.27. The Morgan fingerprint density at radius 1 is 1.09 bits per heavy atom. The number of nitrogens with zero attached hydrogens (tertiary/aromatic N) is 2. The zero-order valence-electron chi connectivity index (χ0n) is 17.4. The van der Waals surface area contributed by atoms with E-state index < -0.39 is 15.9 Å². The Hall–Kier alpha value is -2.46. The highest BCUT2D eigenvalue weighted by Crippen LogP contribution is 2.31. The second-order valence-electron chi connectivity index (χ2n) is 7.70. The van der Waals surface area contributed by atoms with E-state index in [2.05, 4.69) is 5.32 Å². The molecule has 0 saturated carbocycles. The molecule has 1 N–H and O–H groups in total. The van der Waals surface area contributed by atoms with Crippen LogP contribution in [0.15, 0.2) is 53.4 Å². The maximum Gasteiger partial charge on any atom is 0.243 e. The molecular weight excluding hydrogens is 454 g/mol. The minimum atomic E-state index is -3.69. The van der Waals surface area contributed by atoms with Crippen molar-refractivity contribution < 1.29 is 22.7 Å². The summed E-state index contributed by atoms with van der Waals surface area (Å²) in [5, 5.41) is 3.25. The average Bonchev–Trinajstić information content (AvgIpc) is 3.20. The first-order valence-electron chi connectivity index (χ1n) is 10.4. The number of para-hydroxylation sites is 1. The van der Waals surface area contributed by atoms with E-state index in [1.165, 1.54) is 9.21 Å². The number of amides is 2. The summed E-state index contributed by atoms with van der Waals surface area (Å²) in [5.74, 6) is -1.01. The number of hydrogen-bond acceptors (Lipinski definition) is 5. The van der Waals surface area contributed by atoms with Crippen LogP contribution in [0.4, 0.5) is 5.69 Å². The van der Waals surface area contributed by atoms with E-state index in [9.17, 15) is 18.0 Å². The van der Waals surface area contributed by atoms with Crippen LogP contribution in [0.1, 0.15) is 12.0 Å². The van der Waals surface area contributed by atoms with Gasteiger partial charge in [0.2, 0.25) is 21.8 Å². The van der Waals surface area contributed by atoms with Crippen LogP contribution in [-0.2, 0) is 30.9 Å². The monoisotopic (exact) mass is 477 g/mol. The minimum absolute atomic E-state index is 0.0510. The predicted octanol–water partition coefficient (Wildman–Crippen LogP) is 2.03. The third-order valence-corrected chi connectivity index (χ3v) is 7.97. The summed E-state index contributed by atoms with van der Waals surface area (Å²) in [5.41, 5.74) is 1.08. The Kier molecular flexibility index (Phi) is 6.80. The summed E-state index contributed by atoms with van der Waals surface area (Å²) in [6.07, 6.45) is 0.0742. The Morgan fingerprint density at radius 3 is 2.53 bits per heavy atom. The third kappa shape index (κ3) is 4.66. The maximum atomic E-state index is 13.1. The molecule has 8 nitrogen and oxygen atoms in total. The second-order valence-corrected chi connectivity index (χ2v) is 10.0. The number of benzene rings is 2. The topological polar surface area (TPSA) is 96.0 Å². The normalized spacial score (nSPS) is 19.8. The number of nitrogens with one attached hydrogen (secondary N) is 1. The molecule has 2 aliphatic rings. The molecule has 2 heterocycles. The number of morpholine rings is 1. The Morgan fingerprint density at radius 2 is 1.78 bits per heavy atom. The van der Waals surface area contributed by atoms with Gasteiger partial charge >= 0.3 is 0 Å². The highest BCUT2D eigenvalue weighted by atomic mass is 35.5. The molecule has 2 amide bonds. The van der Waals surface area contributed by atoms with E-state index >= 15 is 0 Å². The fraction of sp³-hybridized carbons (Fsp3) is 0.364. The smallest absolute Gasteiger partial charge is 0.243 e. The van der Waals surface area contributed by atoms with Crippen molar-refractivity contribution in [3.05, 3.63) is 59.1 Å². The molecule has 2 fully saturated rings. The van der Waals surface area contributed by atoms with Crippen molar-refractivity contribution in [3.63, 3.8) is 0 Å². The van der Waals surface area contributed by atoms with E-state index in [1.807, 2.05) is 0 Å². The van der Waals surface area contributed by atoms with Gasteiger partial charge < -0.3 is 15.0 Å². The van der Waals surface area contributed by atoms with E-state index in [-0.39, 0.29) is 36.2 Å². The lowest BCUT2D eigenvalue weighted by atomic mass is 10.1. The first-order valence-corrected chi connectivity index (χ1v) is 12.2. The summed E-state index contributed by atoms with van der Waals surface area (Å²) in [7, 11) is -3.69. The fourth-order valence-corrected chi connectivity index (χ4v) is 5.81. The molecule has 0 radical (unpaired) electrons. The number of ether oxygens (including phenoxy) is 1. The molecule has 2 saturated heterocycles. The molecule has 0 aromatic heterocycles. The van der Waals surface area contributed by atoms with Crippen LogP contribution in [0, 0.1) is 5.92 Å². The van der Waals surface area contributed by atoms with Gasteiger partial charge in [-0.05, 0) is 23.8 Å². The number of rotatable bonds is 6. The van der Waals surface area contributed by atoms with Crippen molar-refractivity contribution in [2.24, 2.45) is 5.92 Å². The van der Waals surface area contributed by atoms with E-state index in [0.29, 0.717) is 42.6 Å². The number of anilines is 1. The number of carbonyl (C=O) groups is 2. The third-order valence-electron chi connectivity index (χ3n) is 5.65. The average molecular weight is 478 g/mol. The fourth-order valence-electron chi connectivity index (χ4n) is 3.94. The van der Waals surface area contributed by atoms with Gasteiger partial charge in [-0.1, -0.05) is 41.9 Å². The molecule has 2 aromatic carbocycles. The van der Waals surface area contributed by atoms with E-state index in [0.717, 1.165) is 0 Å². The first-order chi connectivity index (χ1) is 15.4. The zero-order chi connectivity index (χ0) is 22.7. The van der Waals surface area contributed by atoms with Crippen molar-refractivity contribution in [2.75, 3.05) is 37.7 Å². The van der Waals surface area contributed by atoms with Crippen LogP contribution in [-0.4, -0.2) is 57.4 Å². The molecule has 0 aliphatic carbocycles. The van der Waals surface area contributed by atoms with E-state index in [4.69, 9.17) is 16.3 Å². The largest absolute Gasteiger partial charge is 0.379 e. The van der Waals surface area contributed by atoms with Crippen molar-refractivity contribution in [3.8, 4) is 0 Å². The predicted molar refractivity (Wildman–Crippen MR) is 120 cm³/mol. The van der Waals surface area contributed by atoms with Gasteiger partial charge in [0.15, 0.2) is 0 Å². The van der Waals surface area contributed by atoms with E-state index in [1.54, 1.807) is 48.5 Å². The van der Waals surface area contributed by atoms with Gasteiger partial charge in [-0.15, -0.1) is 0 Å². The standard InChI is InChI=1S/C22H24ClN3O5S/c23-18-6-2-3-7-19(18)26-15-17(13-21(26)27)22(28)24-14-16-5-1-4-8-20(16)32(29,30)25-9-11-31-12-10-25/h1-8,17H,9-15H2,(H,24,28). The van der Waals surface area contributed by atoms with Gasteiger partial charge in [0.1, 0.15) is 0 Å². The molecule has 0 bridgehead atoms. The second kappa shape index (κ2) is 9.58. The number of halogens is 1. The van der Waals surface area contributed by atoms with Gasteiger partial charge in [0.05, 0.1) is 34.7 Å². The molecule has 10 heteroatoms. The molecule has 1 unspecified atom stereocenters. The van der Waals surface area contributed by atoms with Gasteiger partial charge in [0, 0.05) is 32.6 Å². The van der Waals surface area contributed by atoms with Crippen LogP contribution in [0.2, 0.25) is 5.02 Å². The van der Waals surface area contributed by atoms with Crippen LogP contribution >= 0.6 is 11.6 Å². The van der Waals surface area contributed by atoms with Crippen LogP contribution in [0.25, 0.3) is 0 Å². The maximum absolute atomic E-state index is 13.1. The van der Waals surface area contributed by atoms with Gasteiger partial charge in [0.25, 0.3) is 0 Å². The molecule has 32 heavy (non-hydrogen) atoms. The highest BCUT2D eigenvalue weighted by Gasteiger charge is 2.36.